The van der Waals surface area contributed by atoms with Crippen molar-refractivity contribution in [2.75, 3.05) is 11.4 Å². The number of rotatable bonds is 6. The highest BCUT2D eigenvalue weighted by atomic mass is 35.5. The number of benzene rings is 2. The summed E-state index contributed by atoms with van der Waals surface area (Å²) in [6, 6.07) is 12.3. The first-order valence-electron chi connectivity index (χ1n) is 8.55. The Balaban J connectivity index is 1.79. The van der Waals surface area contributed by atoms with E-state index in [4.69, 9.17) is 11.6 Å². The minimum Gasteiger partial charge on any atom is -0.347 e. The number of halogens is 2. The van der Waals surface area contributed by atoms with Crippen molar-refractivity contribution in [2.24, 2.45) is 0 Å². The molecule has 0 saturated heterocycles. The number of hydrogen-bond acceptors (Lipinski definition) is 4. The Morgan fingerprint density at radius 1 is 1.17 bits per heavy atom. The zero-order chi connectivity index (χ0) is 21.2. The molecule has 1 amide bonds. The standard InChI is InChI=1S/C20H18ClFN2O3S2/c1-13-3-6-15(7-4-13)29(26,27)24(2)18-9-10-28-19(18)20(25)23-12-14-5-8-17(22)16(21)11-14/h3-11H,12H2,1-2H3,(H,23,25). The molecule has 0 bridgehead atoms. The second-order valence-corrected chi connectivity index (χ2v) is 9.64. The van der Waals surface area contributed by atoms with Gasteiger partial charge in [0.2, 0.25) is 0 Å². The first-order chi connectivity index (χ1) is 13.7. The lowest BCUT2D eigenvalue weighted by Gasteiger charge is -2.20. The summed E-state index contributed by atoms with van der Waals surface area (Å²) in [5, 5.41) is 4.33. The molecule has 3 rings (SSSR count). The highest BCUT2D eigenvalue weighted by molar-refractivity contribution is 7.92. The number of carbonyl (C=O) groups excluding carboxylic acids is 1. The van der Waals surface area contributed by atoms with Crippen LogP contribution in [0.2, 0.25) is 5.02 Å². The van der Waals surface area contributed by atoms with Gasteiger partial charge in [-0.2, -0.15) is 0 Å². The number of carbonyl (C=O) groups is 1. The van der Waals surface area contributed by atoms with E-state index < -0.39 is 21.7 Å². The fourth-order valence-electron chi connectivity index (χ4n) is 2.63. The Morgan fingerprint density at radius 3 is 2.52 bits per heavy atom. The number of sulfonamides is 1. The van der Waals surface area contributed by atoms with Crippen molar-refractivity contribution in [1.82, 2.24) is 5.32 Å². The van der Waals surface area contributed by atoms with E-state index in [-0.39, 0.29) is 27.0 Å². The third-order valence-corrected chi connectivity index (χ3v) is 7.28. The van der Waals surface area contributed by atoms with Gasteiger partial charge >= 0.3 is 0 Å². The van der Waals surface area contributed by atoms with E-state index in [2.05, 4.69) is 5.32 Å². The van der Waals surface area contributed by atoms with Gasteiger partial charge in [-0.3, -0.25) is 9.10 Å². The SMILES string of the molecule is Cc1ccc(S(=O)(=O)N(C)c2ccsc2C(=O)NCc2ccc(F)c(Cl)c2)cc1. The summed E-state index contributed by atoms with van der Waals surface area (Å²) >= 11 is 6.89. The number of nitrogens with zero attached hydrogens (tertiary/aromatic N) is 1. The molecule has 1 heterocycles. The van der Waals surface area contributed by atoms with E-state index in [1.54, 1.807) is 23.6 Å². The molecule has 3 aromatic rings. The quantitative estimate of drug-likeness (QED) is 0.594. The van der Waals surface area contributed by atoms with Gasteiger partial charge in [0, 0.05) is 13.6 Å². The molecule has 2 aromatic carbocycles. The van der Waals surface area contributed by atoms with Crippen LogP contribution in [0.15, 0.2) is 58.8 Å². The molecular weight excluding hydrogens is 435 g/mol. The summed E-state index contributed by atoms with van der Waals surface area (Å²) < 4.78 is 40.2. The molecule has 9 heteroatoms. The van der Waals surface area contributed by atoms with E-state index in [0.717, 1.165) is 21.2 Å². The molecule has 0 saturated carbocycles. The van der Waals surface area contributed by atoms with Crippen molar-refractivity contribution in [2.45, 2.75) is 18.4 Å². The summed E-state index contributed by atoms with van der Waals surface area (Å²) in [7, 11) is -2.40. The van der Waals surface area contributed by atoms with Crippen LogP contribution in [0.3, 0.4) is 0 Å². The van der Waals surface area contributed by atoms with Crippen LogP contribution in [0.25, 0.3) is 0 Å². The second kappa shape index (κ2) is 8.52. The lowest BCUT2D eigenvalue weighted by atomic mass is 10.2. The van der Waals surface area contributed by atoms with E-state index in [9.17, 15) is 17.6 Å². The highest BCUT2D eigenvalue weighted by Gasteiger charge is 2.26. The highest BCUT2D eigenvalue weighted by Crippen LogP contribution is 2.30. The smallest absolute Gasteiger partial charge is 0.264 e. The van der Waals surface area contributed by atoms with Gasteiger partial charge in [-0.05, 0) is 48.2 Å². The molecule has 0 aliphatic carbocycles. The van der Waals surface area contributed by atoms with Crippen molar-refractivity contribution in [3.8, 4) is 0 Å². The molecule has 0 unspecified atom stereocenters. The number of nitrogens with one attached hydrogen (secondary N) is 1. The number of amides is 1. The summed E-state index contributed by atoms with van der Waals surface area (Å²) in [5.41, 5.74) is 1.86. The maximum Gasteiger partial charge on any atom is 0.264 e. The lowest BCUT2D eigenvalue weighted by molar-refractivity contribution is 0.0955. The Kier molecular flexibility index (Phi) is 6.26. The van der Waals surface area contributed by atoms with Crippen molar-refractivity contribution in [3.63, 3.8) is 0 Å². The van der Waals surface area contributed by atoms with Gasteiger partial charge in [-0.15, -0.1) is 11.3 Å². The van der Waals surface area contributed by atoms with Gasteiger partial charge in [0.05, 0.1) is 15.6 Å². The summed E-state index contributed by atoms with van der Waals surface area (Å²) in [5.74, 6) is -0.966. The Labute approximate surface area is 177 Å². The predicted molar refractivity (Wildman–Crippen MR) is 114 cm³/mol. The largest absolute Gasteiger partial charge is 0.347 e. The molecule has 152 valence electrons. The predicted octanol–water partition coefficient (Wildman–Crippen LogP) is 4.60. The number of anilines is 1. The van der Waals surface area contributed by atoms with Crippen molar-refractivity contribution in [3.05, 3.63) is 80.8 Å². The lowest BCUT2D eigenvalue weighted by Crippen LogP contribution is -2.29. The molecule has 1 aromatic heterocycles. The Hall–Kier alpha value is -2.42. The van der Waals surface area contributed by atoms with Crippen LogP contribution in [-0.2, 0) is 16.6 Å². The molecular formula is C20H18ClFN2O3S2. The van der Waals surface area contributed by atoms with Gasteiger partial charge in [0.1, 0.15) is 10.7 Å². The molecule has 0 fully saturated rings. The van der Waals surface area contributed by atoms with Crippen molar-refractivity contribution >= 4 is 44.6 Å². The van der Waals surface area contributed by atoms with E-state index in [1.165, 1.54) is 37.4 Å². The van der Waals surface area contributed by atoms with Gasteiger partial charge in [-0.25, -0.2) is 12.8 Å². The summed E-state index contributed by atoms with van der Waals surface area (Å²) in [6.07, 6.45) is 0. The zero-order valence-electron chi connectivity index (χ0n) is 15.6. The van der Waals surface area contributed by atoms with Crippen LogP contribution < -0.4 is 9.62 Å². The van der Waals surface area contributed by atoms with Gasteiger partial charge in [-0.1, -0.05) is 35.4 Å². The van der Waals surface area contributed by atoms with Crippen LogP contribution in [0, 0.1) is 12.7 Å². The average Bonchev–Trinajstić information content (AvgIpc) is 3.18. The Bertz CT molecular complexity index is 1140. The molecule has 0 spiro atoms. The molecule has 0 radical (unpaired) electrons. The summed E-state index contributed by atoms with van der Waals surface area (Å²) in [4.78, 5) is 13.0. The molecule has 0 aliphatic heterocycles. The van der Waals surface area contributed by atoms with Crippen LogP contribution in [0.4, 0.5) is 10.1 Å². The summed E-state index contributed by atoms with van der Waals surface area (Å²) in [6.45, 7) is 2.00. The van der Waals surface area contributed by atoms with Gasteiger partial charge in [0.15, 0.2) is 0 Å². The monoisotopic (exact) mass is 452 g/mol. The van der Waals surface area contributed by atoms with Crippen LogP contribution in [0.1, 0.15) is 20.8 Å². The van der Waals surface area contributed by atoms with Gasteiger partial charge in [0.25, 0.3) is 15.9 Å². The minimum atomic E-state index is -3.81. The van der Waals surface area contributed by atoms with E-state index >= 15 is 0 Å². The fraction of sp³-hybridized carbons (Fsp3) is 0.150. The average molecular weight is 453 g/mol. The topological polar surface area (TPSA) is 66.5 Å². The molecule has 0 aliphatic rings. The van der Waals surface area contributed by atoms with Gasteiger partial charge < -0.3 is 5.32 Å². The fourth-order valence-corrected chi connectivity index (χ4v) is 4.94. The number of hydrogen-bond donors (Lipinski definition) is 1. The third kappa shape index (κ3) is 4.60. The first-order valence-corrected chi connectivity index (χ1v) is 11.2. The molecule has 29 heavy (non-hydrogen) atoms. The minimum absolute atomic E-state index is 0.0301. The molecule has 5 nitrogen and oxygen atoms in total. The number of aryl methyl sites for hydroxylation is 1. The van der Waals surface area contributed by atoms with Crippen molar-refractivity contribution in [1.29, 1.82) is 0 Å². The molecule has 1 N–H and O–H groups in total. The maximum atomic E-state index is 13.3. The van der Waals surface area contributed by atoms with Crippen molar-refractivity contribution < 1.29 is 17.6 Å². The first kappa shape index (κ1) is 21.3. The van der Waals surface area contributed by atoms with E-state index in [0.29, 0.717) is 5.56 Å². The second-order valence-electron chi connectivity index (χ2n) is 6.35. The number of thiophene rings is 1. The van der Waals surface area contributed by atoms with Crippen LogP contribution >= 0.6 is 22.9 Å². The zero-order valence-corrected chi connectivity index (χ0v) is 18.0. The van der Waals surface area contributed by atoms with E-state index in [1.807, 2.05) is 6.92 Å². The molecule has 0 atom stereocenters. The van der Waals surface area contributed by atoms with Crippen LogP contribution in [0.5, 0.6) is 0 Å². The van der Waals surface area contributed by atoms with Crippen LogP contribution in [-0.4, -0.2) is 21.4 Å². The normalized spacial score (nSPS) is 11.3. The Morgan fingerprint density at radius 2 is 1.86 bits per heavy atom. The third-order valence-electron chi connectivity index (χ3n) is 4.31. The maximum absolute atomic E-state index is 13.3.